The number of hydrogen-bond donors (Lipinski definition) is 1. The molecule has 0 aromatic carbocycles. The Morgan fingerprint density at radius 1 is 0.810 bits per heavy atom. The maximum atomic E-state index is 7.57. The van der Waals surface area contributed by atoms with Crippen LogP contribution in [0.1, 0.15) is 81.1 Å². The van der Waals surface area contributed by atoms with Gasteiger partial charge < -0.3 is 5.11 Å². The van der Waals surface area contributed by atoms with E-state index in [0.717, 1.165) is 6.42 Å². The van der Waals surface area contributed by atoms with Gasteiger partial charge in [-0.15, -0.1) is 39.8 Å². The third-order valence-electron chi connectivity index (χ3n) is 0.289. The van der Waals surface area contributed by atoms with Crippen molar-refractivity contribution in [2.75, 3.05) is 6.61 Å². The summed E-state index contributed by atoms with van der Waals surface area (Å²) < 4.78 is 0. The first-order valence-corrected chi connectivity index (χ1v) is 12.7. The van der Waals surface area contributed by atoms with E-state index in [-0.39, 0.29) is 27.7 Å². The van der Waals surface area contributed by atoms with Gasteiger partial charge in [0.25, 0.3) is 0 Å². The Morgan fingerprint density at radius 2 is 0.857 bits per heavy atom. The number of hydrogen-bond acceptors (Lipinski definition) is 1. The van der Waals surface area contributed by atoms with Crippen LogP contribution in [0.5, 0.6) is 0 Å². The number of allylic oxidation sites excluding steroid dienone is 1. The molecule has 1 nitrogen and oxygen atoms in total. The zero-order chi connectivity index (χ0) is 17.8. The average Bonchev–Trinajstić information content (AvgIpc) is 2.32. The molecule has 6 heteroatoms. The van der Waals surface area contributed by atoms with Crippen LogP contribution in [0.4, 0.5) is 0 Å². The number of aliphatic hydroxyl groups excluding tert-OH is 1. The molecule has 0 radical (unpaired) electrons. The second kappa shape index (κ2) is 82.0. The fourth-order valence-electron chi connectivity index (χ4n) is 0. The standard InChI is InChI=1S/C4H8.3C3H8.C2H6O.Cl3HSi.Pt/c1-3-4-2;3*1-3-2;1-2-3;1-4(2)3;/h3H,1,4H2,2H3;3*3H2,1-2H3;3H,2H2,1H3;4H;. The first kappa shape index (κ1) is 43.3. The van der Waals surface area contributed by atoms with Crippen LogP contribution in [0.2, 0.25) is 0 Å². The molecule has 0 aliphatic carbocycles. The smallest absolute Gasteiger partial charge is 0.326 e. The molecule has 140 valence electrons. The van der Waals surface area contributed by atoms with E-state index in [2.05, 4.69) is 55.0 Å². The maximum Gasteiger partial charge on any atom is 0.326 e. The molecule has 0 saturated carbocycles. The third kappa shape index (κ3) is 1330. The number of halogens is 3. The summed E-state index contributed by atoms with van der Waals surface area (Å²) in [5.74, 6) is 0. The van der Waals surface area contributed by atoms with Crippen LogP contribution in [0.25, 0.3) is 0 Å². The van der Waals surface area contributed by atoms with Crippen molar-refractivity contribution in [2.45, 2.75) is 81.1 Å². The molecule has 1 N–H and O–H groups in total. The van der Waals surface area contributed by atoms with Gasteiger partial charge >= 0.3 is 6.73 Å². The van der Waals surface area contributed by atoms with Gasteiger partial charge in [0.05, 0.1) is 0 Å². The number of rotatable bonds is 1. The van der Waals surface area contributed by atoms with Crippen LogP contribution in [-0.4, -0.2) is 18.4 Å². The van der Waals surface area contributed by atoms with Crippen LogP contribution < -0.4 is 0 Å². The van der Waals surface area contributed by atoms with Crippen molar-refractivity contribution in [2.24, 2.45) is 0 Å². The molecule has 0 rings (SSSR count). The van der Waals surface area contributed by atoms with Crippen molar-refractivity contribution in [3.05, 3.63) is 12.7 Å². The molecule has 0 heterocycles. The van der Waals surface area contributed by atoms with Crippen molar-refractivity contribution in [1.82, 2.24) is 0 Å². The molecule has 0 spiro atoms. The Balaban J connectivity index is -0.0000000223. The van der Waals surface area contributed by atoms with Crippen LogP contribution in [0.3, 0.4) is 0 Å². The zero-order valence-corrected chi connectivity index (χ0v) is 21.0. The largest absolute Gasteiger partial charge is 0.397 e. The minimum absolute atomic E-state index is 0. The van der Waals surface area contributed by atoms with Gasteiger partial charge in [0.2, 0.25) is 0 Å². The van der Waals surface area contributed by atoms with Gasteiger partial charge in [-0.2, -0.15) is 0 Å². The molecule has 0 aromatic rings. The summed E-state index contributed by atoms with van der Waals surface area (Å²) in [6.07, 6.45) is 6.71. The van der Waals surface area contributed by atoms with Gasteiger partial charge in [0.1, 0.15) is 0 Å². The number of aliphatic hydroxyl groups is 1. The van der Waals surface area contributed by atoms with E-state index in [1.54, 1.807) is 6.92 Å². The van der Waals surface area contributed by atoms with E-state index in [1.807, 2.05) is 6.08 Å². The summed E-state index contributed by atoms with van der Waals surface area (Å²) in [6.45, 7) is 18.5. The summed E-state index contributed by atoms with van der Waals surface area (Å²) in [4.78, 5) is 0. The molecule has 0 amide bonds. The molecule has 0 unspecified atom stereocenters. The summed E-state index contributed by atoms with van der Waals surface area (Å²) in [5.41, 5.74) is 0. The summed E-state index contributed by atoms with van der Waals surface area (Å²) in [7, 11) is 0. The normalized spacial score (nSPS) is 6.33. The minimum Gasteiger partial charge on any atom is -0.397 e. The van der Waals surface area contributed by atoms with Crippen LogP contribution in [0.15, 0.2) is 12.7 Å². The van der Waals surface area contributed by atoms with E-state index in [0.29, 0.717) is 0 Å². The molecular formula is C15H39Cl3OPtSi. The quantitative estimate of drug-likeness (QED) is 0.202. The monoisotopic (exact) mass is 563 g/mol. The summed E-state index contributed by atoms with van der Waals surface area (Å²) >= 11 is 14.8. The van der Waals surface area contributed by atoms with Crippen molar-refractivity contribution in [1.29, 1.82) is 0 Å². The second-order valence-corrected chi connectivity index (χ2v) is 9.82. The molecular weight excluding hydrogens is 526 g/mol. The van der Waals surface area contributed by atoms with Crippen molar-refractivity contribution in [3.8, 4) is 0 Å². The van der Waals surface area contributed by atoms with Gasteiger partial charge in [0.15, 0.2) is 0 Å². The molecule has 0 aliphatic rings. The van der Waals surface area contributed by atoms with E-state index >= 15 is 0 Å². The molecule has 0 saturated heterocycles. The van der Waals surface area contributed by atoms with E-state index < -0.39 is 6.73 Å². The average molecular weight is 565 g/mol. The zero-order valence-electron chi connectivity index (χ0n) is 15.3. The predicted octanol–water partition coefficient (Wildman–Crippen LogP) is 7.25. The predicted molar refractivity (Wildman–Crippen MR) is 106 cm³/mol. The van der Waals surface area contributed by atoms with Crippen LogP contribution >= 0.6 is 33.2 Å². The molecule has 21 heavy (non-hydrogen) atoms. The van der Waals surface area contributed by atoms with E-state index in [4.69, 9.17) is 38.3 Å². The molecule has 0 aliphatic heterocycles. The first-order valence-electron chi connectivity index (χ1n) is 7.44. The van der Waals surface area contributed by atoms with E-state index in [9.17, 15) is 0 Å². The van der Waals surface area contributed by atoms with Gasteiger partial charge in [-0.1, -0.05) is 73.8 Å². The molecule has 0 atom stereocenters. The Morgan fingerprint density at radius 3 is 0.857 bits per heavy atom. The molecule has 0 bridgehead atoms. The van der Waals surface area contributed by atoms with Crippen LogP contribution in [0, 0.1) is 0 Å². The Hall–Kier alpha value is 1.48. The fourth-order valence-corrected chi connectivity index (χ4v) is 0. The minimum atomic E-state index is -1.72. The fraction of sp³-hybridized carbons (Fsp3) is 0.867. The van der Waals surface area contributed by atoms with Gasteiger partial charge in [-0.25, -0.2) is 0 Å². The van der Waals surface area contributed by atoms with Crippen LogP contribution in [-0.2, 0) is 21.1 Å². The Bertz CT molecular complexity index is 90.2. The first-order chi connectivity index (χ1) is 9.30. The maximum absolute atomic E-state index is 7.57. The SMILES string of the molecule is C=CCC.CCC.CCC.CCC.CCO.Cl[SiH](Cl)Cl.[Pt]. The topological polar surface area (TPSA) is 20.2 Å². The Labute approximate surface area is 165 Å². The Kier molecular flexibility index (Phi) is 169. The molecule has 0 fully saturated rings. The van der Waals surface area contributed by atoms with Crippen molar-refractivity contribution >= 4 is 40.0 Å². The van der Waals surface area contributed by atoms with Crippen molar-refractivity contribution < 1.29 is 26.2 Å². The van der Waals surface area contributed by atoms with Gasteiger partial charge in [-0.3, -0.25) is 0 Å². The van der Waals surface area contributed by atoms with Crippen molar-refractivity contribution in [3.63, 3.8) is 0 Å². The van der Waals surface area contributed by atoms with Gasteiger partial charge in [-0.05, 0) is 13.3 Å². The summed E-state index contributed by atoms with van der Waals surface area (Å²) in [5, 5.41) is 7.57. The second-order valence-electron chi connectivity index (χ2n) is 3.38. The summed E-state index contributed by atoms with van der Waals surface area (Å²) in [6, 6.07) is 0. The molecule has 0 aromatic heterocycles. The third-order valence-corrected chi connectivity index (χ3v) is 0.289. The van der Waals surface area contributed by atoms with Gasteiger partial charge in [0, 0.05) is 27.7 Å². The van der Waals surface area contributed by atoms with E-state index in [1.165, 1.54) is 19.3 Å².